The molecule has 12 nitrogen and oxygen atoms in total. The van der Waals surface area contributed by atoms with Crippen molar-refractivity contribution >= 4 is 48.2 Å². The number of hydrogen-bond acceptors (Lipinski definition) is 7. The van der Waals surface area contributed by atoms with Gasteiger partial charge in [-0.05, 0) is 159 Å². The zero-order valence-corrected chi connectivity index (χ0v) is 39.2. The predicted octanol–water partition coefficient (Wildman–Crippen LogP) is 6.44. The first kappa shape index (κ1) is 48.5. The summed E-state index contributed by atoms with van der Waals surface area (Å²) in [7, 11) is 0. The van der Waals surface area contributed by atoms with Crippen LogP contribution in [-0.4, -0.2) is 68.7 Å². The number of carboxylic acid groups (broad SMARTS) is 1. The molecule has 1 aliphatic heterocycles. The van der Waals surface area contributed by atoms with Crippen LogP contribution >= 0.6 is 0 Å². The maximum Gasteiger partial charge on any atom is 0.306 e. The van der Waals surface area contributed by atoms with Gasteiger partial charge in [0.15, 0.2) is 0 Å². The van der Waals surface area contributed by atoms with Gasteiger partial charge in [0, 0.05) is 69.9 Å². The fraction of sp³-hybridized carbons (Fsp3) is 0.529. The Labute approximate surface area is 371 Å². The molecule has 0 fully saturated rings. The summed E-state index contributed by atoms with van der Waals surface area (Å²) in [5.41, 5.74) is 11.0. The molecule has 12 heteroatoms. The van der Waals surface area contributed by atoms with Crippen LogP contribution in [0.2, 0.25) is 0 Å². The molecule has 1 aliphatic rings. The minimum absolute atomic E-state index is 0.0387. The van der Waals surface area contributed by atoms with Gasteiger partial charge in [0.2, 0.25) is 0 Å². The molecule has 0 amide bonds. The van der Waals surface area contributed by atoms with Crippen molar-refractivity contribution in [3.63, 3.8) is 0 Å². The maximum absolute atomic E-state index is 13.0. The lowest BCUT2D eigenvalue weighted by molar-refractivity contribution is -0.144. The molecular formula is C51H70N4O8. The lowest BCUT2D eigenvalue weighted by Crippen LogP contribution is -2.15. The fourth-order valence-electron chi connectivity index (χ4n) is 8.01. The minimum Gasteiger partial charge on any atom is -0.481 e. The third-order valence-corrected chi connectivity index (χ3v) is 12.2. The van der Waals surface area contributed by atoms with Crippen LogP contribution in [0.15, 0.2) is 0 Å². The SMILES string of the molecule is Cc1c2[nH]c(c1CCC(=O)O)C=c1[nH]c(c(CCC(=O)OCCC(C)C)c1C)=Cc1[nH]c(c(CCC(=O)OCCC(C)C)c1C)C=c1[nH]c(c(CCC(=O)OCCC(C)C)c1C)=C2. The number of aliphatic carboxylic acids is 1. The van der Waals surface area contributed by atoms with E-state index in [2.05, 4.69) is 80.6 Å². The number of carbonyl (C=O) groups is 4. The highest BCUT2D eigenvalue weighted by molar-refractivity contribution is 5.73. The summed E-state index contributed by atoms with van der Waals surface area (Å²) < 4.78 is 16.8. The molecule has 4 aromatic heterocycles. The van der Waals surface area contributed by atoms with Crippen molar-refractivity contribution in [1.82, 2.24) is 19.9 Å². The second-order valence-corrected chi connectivity index (χ2v) is 18.4. The molecule has 0 saturated carbocycles. The number of nitrogens with one attached hydrogen (secondary N) is 4. The smallest absolute Gasteiger partial charge is 0.306 e. The van der Waals surface area contributed by atoms with Crippen LogP contribution in [-0.2, 0) is 59.1 Å². The van der Waals surface area contributed by atoms with Gasteiger partial charge in [-0.25, -0.2) is 0 Å². The van der Waals surface area contributed by atoms with Crippen molar-refractivity contribution in [2.45, 2.75) is 140 Å². The van der Waals surface area contributed by atoms with E-state index in [1.165, 1.54) is 0 Å². The van der Waals surface area contributed by atoms with Crippen molar-refractivity contribution in [2.75, 3.05) is 19.8 Å². The van der Waals surface area contributed by atoms with Gasteiger partial charge < -0.3 is 39.3 Å². The van der Waals surface area contributed by atoms with Gasteiger partial charge in [-0.3, -0.25) is 19.2 Å². The van der Waals surface area contributed by atoms with Gasteiger partial charge in [0.25, 0.3) is 0 Å². The lowest BCUT2D eigenvalue weighted by atomic mass is 10.0. The zero-order valence-electron chi connectivity index (χ0n) is 39.2. The molecule has 8 bridgehead atoms. The summed E-state index contributed by atoms with van der Waals surface area (Å²) in [6.45, 7) is 21.9. The first-order valence-corrected chi connectivity index (χ1v) is 22.8. The van der Waals surface area contributed by atoms with E-state index in [1.54, 1.807) is 0 Å². The van der Waals surface area contributed by atoms with Crippen molar-refractivity contribution < 1.29 is 38.5 Å². The molecule has 0 atom stereocenters. The predicted molar refractivity (Wildman–Crippen MR) is 247 cm³/mol. The van der Waals surface area contributed by atoms with E-state index in [4.69, 9.17) is 14.2 Å². The molecule has 0 spiro atoms. The van der Waals surface area contributed by atoms with E-state index >= 15 is 0 Å². The normalized spacial score (nSPS) is 12.2. The van der Waals surface area contributed by atoms with Gasteiger partial charge in [0.05, 0.1) is 19.8 Å². The van der Waals surface area contributed by atoms with E-state index in [1.807, 2.05) is 32.9 Å². The Morgan fingerprint density at radius 3 is 1.10 bits per heavy atom. The monoisotopic (exact) mass is 867 g/mol. The average molecular weight is 867 g/mol. The largest absolute Gasteiger partial charge is 0.481 e. The molecule has 0 aromatic carbocycles. The van der Waals surface area contributed by atoms with Crippen LogP contribution < -0.4 is 21.4 Å². The van der Waals surface area contributed by atoms with Crippen molar-refractivity contribution in [3.05, 3.63) is 88.7 Å². The van der Waals surface area contributed by atoms with Crippen LogP contribution in [0.4, 0.5) is 0 Å². The van der Waals surface area contributed by atoms with Gasteiger partial charge in [-0.1, -0.05) is 41.5 Å². The number of hydrogen-bond donors (Lipinski definition) is 5. The average Bonchev–Trinajstić information content (AvgIpc) is 3.86. The Kier molecular flexibility index (Phi) is 17.1. The summed E-state index contributed by atoms with van der Waals surface area (Å²) in [5.74, 6) is -0.344. The lowest BCUT2D eigenvalue weighted by Gasteiger charge is -2.07. The summed E-state index contributed by atoms with van der Waals surface area (Å²) in [6, 6.07) is 0. The molecule has 5 rings (SSSR count). The molecule has 5 N–H and O–H groups in total. The van der Waals surface area contributed by atoms with Gasteiger partial charge >= 0.3 is 23.9 Å². The number of rotatable bonds is 21. The molecule has 0 aliphatic carbocycles. The zero-order chi connectivity index (χ0) is 46.0. The Bertz CT molecular complexity index is 2500. The van der Waals surface area contributed by atoms with Crippen molar-refractivity contribution in [1.29, 1.82) is 0 Å². The highest BCUT2D eigenvalue weighted by Gasteiger charge is 2.20. The van der Waals surface area contributed by atoms with E-state index in [0.717, 1.165) is 108 Å². The Morgan fingerprint density at radius 1 is 0.444 bits per heavy atom. The quantitative estimate of drug-likeness (QED) is 0.0413. The molecule has 5 heterocycles. The van der Waals surface area contributed by atoms with Crippen LogP contribution in [0.25, 0.3) is 24.3 Å². The topological polar surface area (TPSA) is 179 Å². The minimum atomic E-state index is -0.883. The van der Waals surface area contributed by atoms with E-state index < -0.39 is 5.97 Å². The number of aromatic nitrogens is 4. The third kappa shape index (κ3) is 13.3. The number of ether oxygens (including phenoxy) is 3. The first-order valence-electron chi connectivity index (χ1n) is 22.8. The summed E-state index contributed by atoms with van der Waals surface area (Å²) >= 11 is 0. The van der Waals surface area contributed by atoms with Gasteiger partial charge in [-0.15, -0.1) is 0 Å². The maximum atomic E-state index is 13.0. The molecule has 63 heavy (non-hydrogen) atoms. The molecule has 0 saturated heterocycles. The highest BCUT2D eigenvalue weighted by atomic mass is 16.5. The highest BCUT2D eigenvalue weighted by Crippen LogP contribution is 2.24. The summed E-state index contributed by atoms with van der Waals surface area (Å²) in [4.78, 5) is 65.5. The second-order valence-electron chi connectivity index (χ2n) is 18.4. The number of carboxylic acids is 1. The number of carbonyl (C=O) groups excluding carboxylic acids is 3. The summed E-state index contributed by atoms with van der Waals surface area (Å²) in [5, 5.41) is 13.1. The Morgan fingerprint density at radius 2 is 0.762 bits per heavy atom. The second kappa shape index (κ2) is 22.2. The molecule has 342 valence electrons. The molecule has 0 radical (unpaired) electrons. The first-order chi connectivity index (χ1) is 29.9. The van der Waals surface area contributed by atoms with Crippen LogP contribution in [0.1, 0.15) is 154 Å². The number of aromatic amines is 4. The standard InChI is InChI=1S/C51H70N4O8/c1-29(2)19-22-61-49(58)16-12-37-33(8)41-25-44-36(11-15-48(56)57)32(7)40(52-44)26-45-38(13-17-50(59)62-23-20-30(3)4)34(9)42(54-45)28-47-39(14-18-51(60)63-24-21-31(5)6)35(10)43(55-47)27-46(37)53-41/h25-31,52-55H,11-24H2,1-10H3,(H,56,57). The van der Waals surface area contributed by atoms with Crippen LogP contribution in [0.3, 0.4) is 0 Å². The van der Waals surface area contributed by atoms with Gasteiger partial charge in [-0.2, -0.15) is 0 Å². The molecular weight excluding hydrogens is 797 g/mol. The number of fused-ring (bicyclic) bond motifs is 8. The van der Waals surface area contributed by atoms with Crippen molar-refractivity contribution in [2.24, 2.45) is 17.8 Å². The van der Waals surface area contributed by atoms with Gasteiger partial charge in [0.1, 0.15) is 0 Å². The van der Waals surface area contributed by atoms with Crippen molar-refractivity contribution in [3.8, 4) is 0 Å². The third-order valence-electron chi connectivity index (χ3n) is 12.2. The van der Waals surface area contributed by atoms with E-state index in [9.17, 15) is 24.3 Å². The molecule has 4 aromatic rings. The van der Waals surface area contributed by atoms with E-state index in [0.29, 0.717) is 63.3 Å². The Hall–Kier alpha value is -5.52. The number of esters is 3. The number of H-pyrrole nitrogens is 4. The Balaban J connectivity index is 1.71. The van der Waals surface area contributed by atoms with Crippen LogP contribution in [0, 0.1) is 45.4 Å². The van der Waals surface area contributed by atoms with E-state index in [-0.39, 0.29) is 43.6 Å². The molecule has 0 unspecified atom stereocenters. The summed E-state index contributed by atoms with van der Waals surface area (Å²) in [6.07, 6.45) is 12.9. The fourth-order valence-corrected chi connectivity index (χ4v) is 8.01. The van der Waals surface area contributed by atoms with Crippen LogP contribution in [0.5, 0.6) is 0 Å².